The second kappa shape index (κ2) is 8.53. The lowest BCUT2D eigenvalue weighted by Crippen LogP contribution is -2.17. The van der Waals surface area contributed by atoms with Crippen LogP contribution in [0.4, 0.5) is 5.00 Å². The van der Waals surface area contributed by atoms with Crippen LogP contribution >= 0.6 is 11.3 Å². The van der Waals surface area contributed by atoms with Gasteiger partial charge >= 0.3 is 5.97 Å². The van der Waals surface area contributed by atoms with Crippen LogP contribution in [0, 0.1) is 6.92 Å². The van der Waals surface area contributed by atoms with E-state index in [9.17, 15) is 22.8 Å². The zero-order valence-corrected chi connectivity index (χ0v) is 17.2. The van der Waals surface area contributed by atoms with Crippen LogP contribution in [0.5, 0.6) is 0 Å². The molecular weight excluding hydrogens is 404 g/mol. The van der Waals surface area contributed by atoms with Crippen LogP contribution in [0.15, 0.2) is 29.2 Å². The van der Waals surface area contributed by atoms with Gasteiger partial charge in [-0.25, -0.2) is 13.2 Å². The molecule has 2 rings (SSSR count). The minimum Gasteiger partial charge on any atom is -0.462 e. The molecule has 0 radical (unpaired) electrons. The summed E-state index contributed by atoms with van der Waals surface area (Å²) in [5, 5.41) is 2.69. The van der Waals surface area contributed by atoms with E-state index in [2.05, 4.69) is 5.32 Å². The number of hydrogen-bond donors (Lipinski definition) is 2. The molecule has 1 aromatic carbocycles. The molecule has 0 atom stereocenters. The maximum Gasteiger partial charge on any atom is 0.348 e. The topological polar surface area (TPSA) is 133 Å². The highest BCUT2D eigenvalue weighted by atomic mass is 32.2. The van der Waals surface area contributed by atoms with Crippen molar-refractivity contribution in [2.45, 2.75) is 25.7 Å². The van der Waals surface area contributed by atoms with Crippen LogP contribution in [-0.4, -0.2) is 38.6 Å². The van der Waals surface area contributed by atoms with Gasteiger partial charge in [0.05, 0.1) is 22.8 Å². The molecule has 150 valence electrons. The minimum absolute atomic E-state index is 0.0339. The van der Waals surface area contributed by atoms with E-state index in [4.69, 9.17) is 10.5 Å². The SMILES string of the molecule is CCOC(=O)c1sc(NC(=O)c2ccc(S(=O)(=O)CC)cc2)c(C(N)=O)c1C. The average Bonchev–Trinajstić information content (AvgIpc) is 2.98. The van der Waals surface area contributed by atoms with Gasteiger partial charge in [0.15, 0.2) is 9.84 Å². The van der Waals surface area contributed by atoms with Crippen molar-refractivity contribution >= 4 is 44.0 Å². The van der Waals surface area contributed by atoms with Crippen molar-refractivity contribution in [1.82, 2.24) is 0 Å². The third-order valence-electron chi connectivity index (χ3n) is 3.94. The van der Waals surface area contributed by atoms with E-state index in [0.717, 1.165) is 11.3 Å². The Morgan fingerprint density at radius 1 is 1.14 bits per heavy atom. The number of hydrogen-bond acceptors (Lipinski definition) is 7. The maximum atomic E-state index is 12.5. The van der Waals surface area contributed by atoms with Crippen molar-refractivity contribution in [2.24, 2.45) is 5.73 Å². The van der Waals surface area contributed by atoms with Gasteiger partial charge in [-0.15, -0.1) is 11.3 Å². The zero-order chi connectivity index (χ0) is 21.1. The molecule has 0 saturated carbocycles. The van der Waals surface area contributed by atoms with Gasteiger partial charge in [0, 0.05) is 5.56 Å². The van der Waals surface area contributed by atoms with Gasteiger partial charge in [0.2, 0.25) is 0 Å². The number of sulfone groups is 1. The summed E-state index contributed by atoms with van der Waals surface area (Å²) in [4.78, 5) is 36.6. The van der Waals surface area contributed by atoms with Crippen molar-refractivity contribution in [3.05, 3.63) is 45.8 Å². The first-order valence-electron chi connectivity index (χ1n) is 8.36. The quantitative estimate of drug-likeness (QED) is 0.656. The van der Waals surface area contributed by atoms with Gasteiger partial charge in [0.1, 0.15) is 9.88 Å². The third kappa shape index (κ3) is 4.39. The number of anilines is 1. The average molecular weight is 425 g/mol. The number of nitrogens with two attached hydrogens (primary N) is 1. The smallest absolute Gasteiger partial charge is 0.348 e. The molecule has 28 heavy (non-hydrogen) atoms. The molecule has 0 aliphatic rings. The molecule has 8 nitrogen and oxygen atoms in total. The van der Waals surface area contributed by atoms with Gasteiger partial charge in [-0.05, 0) is 43.7 Å². The summed E-state index contributed by atoms with van der Waals surface area (Å²) >= 11 is 0.893. The Hall–Kier alpha value is -2.72. The molecule has 0 unspecified atom stereocenters. The Morgan fingerprint density at radius 3 is 2.25 bits per heavy atom. The number of ether oxygens (including phenoxy) is 1. The van der Waals surface area contributed by atoms with Gasteiger partial charge in [-0.1, -0.05) is 6.92 Å². The summed E-state index contributed by atoms with van der Waals surface area (Å²) in [5.74, 6) is -2.02. The van der Waals surface area contributed by atoms with E-state index in [1.165, 1.54) is 31.2 Å². The summed E-state index contributed by atoms with van der Waals surface area (Å²) in [5.41, 5.74) is 5.95. The molecule has 0 fully saturated rings. The molecule has 1 aromatic heterocycles. The van der Waals surface area contributed by atoms with Crippen LogP contribution in [0.2, 0.25) is 0 Å². The number of esters is 1. The van der Waals surface area contributed by atoms with Crippen LogP contribution in [0.1, 0.15) is 49.8 Å². The fraction of sp³-hybridized carbons (Fsp3) is 0.278. The van der Waals surface area contributed by atoms with E-state index in [-0.39, 0.29) is 38.3 Å². The number of amides is 2. The summed E-state index contributed by atoms with van der Waals surface area (Å²) < 4.78 is 28.7. The van der Waals surface area contributed by atoms with Crippen molar-refractivity contribution in [3.8, 4) is 0 Å². The summed E-state index contributed by atoms with van der Waals surface area (Å²) in [7, 11) is -3.38. The predicted molar refractivity (Wildman–Crippen MR) is 106 cm³/mol. The number of benzene rings is 1. The van der Waals surface area contributed by atoms with Crippen molar-refractivity contribution in [1.29, 1.82) is 0 Å². The molecule has 1 heterocycles. The lowest BCUT2D eigenvalue weighted by molar-refractivity contribution is 0.0531. The fourth-order valence-electron chi connectivity index (χ4n) is 2.45. The van der Waals surface area contributed by atoms with Crippen molar-refractivity contribution in [3.63, 3.8) is 0 Å². The Morgan fingerprint density at radius 2 is 1.75 bits per heavy atom. The van der Waals surface area contributed by atoms with E-state index < -0.39 is 27.6 Å². The van der Waals surface area contributed by atoms with Gasteiger partial charge < -0.3 is 15.8 Å². The lowest BCUT2D eigenvalue weighted by Gasteiger charge is -2.06. The van der Waals surface area contributed by atoms with Crippen LogP contribution < -0.4 is 11.1 Å². The second-order valence-electron chi connectivity index (χ2n) is 5.73. The summed E-state index contributed by atoms with van der Waals surface area (Å²) in [6, 6.07) is 5.42. The highest BCUT2D eigenvalue weighted by Gasteiger charge is 2.25. The molecule has 0 spiro atoms. The van der Waals surface area contributed by atoms with E-state index >= 15 is 0 Å². The highest BCUT2D eigenvalue weighted by Crippen LogP contribution is 2.33. The summed E-state index contributed by atoms with van der Waals surface area (Å²) in [6.45, 7) is 4.89. The van der Waals surface area contributed by atoms with Crippen LogP contribution in [-0.2, 0) is 14.6 Å². The van der Waals surface area contributed by atoms with Gasteiger partial charge in [-0.3, -0.25) is 9.59 Å². The number of primary amides is 1. The minimum atomic E-state index is -3.38. The normalized spacial score (nSPS) is 11.1. The van der Waals surface area contributed by atoms with Crippen molar-refractivity contribution < 1.29 is 27.5 Å². The number of carbonyl (C=O) groups is 3. The lowest BCUT2D eigenvalue weighted by atomic mass is 10.1. The number of nitrogens with one attached hydrogen (secondary N) is 1. The third-order valence-corrected chi connectivity index (χ3v) is 6.87. The molecular formula is C18H20N2O6S2. The Bertz CT molecular complexity index is 1020. The molecule has 0 bridgehead atoms. The summed E-state index contributed by atoms with van der Waals surface area (Å²) in [6.07, 6.45) is 0. The Kier molecular flexibility index (Phi) is 6.57. The number of carbonyl (C=O) groups excluding carboxylic acids is 3. The maximum absolute atomic E-state index is 12.5. The first-order chi connectivity index (χ1) is 13.1. The fourth-order valence-corrected chi connectivity index (χ4v) is 4.43. The first kappa shape index (κ1) is 21.6. The number of rotatable bonds is 7. The van der Waals surface area contributed by atoms with Gasteiger partial charge in [-0.2, -0.15) is 0 Å². The molecule has 0 saturated heterocycles. The monoisotopic (exact) mass is 424 g/mol. The van der Waals surface area contributed by atoms with E-state index in [0.29, 0.717) is 5.56 Å². The van der Waals surface area contributed by atoms with E-state index in [1.54, 1.807) is 13.8 Å². The highest BCUT2D eigenvalue weighted by molar-refractivity contribution is 7.91. The molecule has 0 aliphatic heterocycles. The molecule has 2 amide bonds. The Balaban J connectivity index is 2.34. The second-order valence-corrected chi connectivity index (χ2v) is 9.03. The van der Waals surface area contributed by atoms with Crippen LogP contribution in [0.25, 0.3) is 0 Å². The van der Waals surface area contributed by atoms with Crippen LogP contribution in [0.3, 0.4) is 0 Å². The van der Waals surface area contributed by atoms with Crippen molar-refractivity contribution in [2.75, 3.05) is 17.7 Å². The molecule has 3 N–H and O–H groups in total. The zero-order valence-electron chi connectivity index (χ0n) is 15.6. The first-order valence-corrected chi connectivity index (χ1v) is 10.8. The van der Waals surface area contributed by atoms with E-state index in [1.807, 2.05) is 0 Å². The molecule has 2 aromatic rings. The number of thiophene rings is 1. The molecule has 0 aliphatic carbocycles. The largest absolute Gasteiger partial charge is 0.462 e. The molecule has 10 heteroatoms. The Labute approximate surface area is 166 Å². The predicted octanol–water partition coefficient (Wildman–Crippen LogP) is 2.38. The standard InChI is InChI=1S/C18H20N2O6S2/c1-4-26-18(23)14-10(3)13(15(19)21)17(27-14)20-16(22)11-6-8-12(9-7-11)28(24,25)5-2/h6-9H,4-5H2,1-3H3,(H2,19,21)(H,20,22). The van der Waals surface area contributed by atoms with Gasteiger partial charge in [0.25, 0.3) is 11.8 Å².